The van der Waals surface area contributed by atoms with E-state index in [1.165, 1.54) is 6.07 Å². The Morgan fingerprint density at radius 1 is 1.33 bits per heavy atom. The molecule has 0 spiro atoms. The quantitative estimate of drug-likeness (QED) is 0.904. The summed E-state index contributed by atoms with van der Waals surface area (Å²) in [7, 11) is 1.80. The zero-order valence-electron chi connectivity index (χ0n) is 9.69. The van der Waals surface area contributed by atoms with Gasteiger partial charge in [-0.3, -0.25) is 4.68 Å². The predicted molar refractivity (Wildman–Crippen MR) is 69.7 cm³/mol. The molecule has 7 heteroatoms. The highest BCUT2D eigenvalue weighted by Gasteiger charge is 2.08. The molecule has 0 atom stereocenters. The van der Waals surface area contributed by atoms with E-state index >= 15 is 0 Å². The number of rotatable bonds is 4. The van der Waals surface area contributed by atoms with Crippen LogP contribution in [0.4, 0.5) is 0 Å². The second kappa shape index (κ2) is 5.56. The van der Waals surface area contributed by atoms with E-state index in [4.69, 9.17) is 23.2 Å². The van der Waals surface area contributed by atoms with E-state index in [-0.39, 0.29) is 10.8 Å². The maximum Gasteiger partial charge on any atom is 0.164 e. The number of benzene rings is 1. The van der Waals surface area contributed by atoms with Gasteiger partial charge in [-0.15, -0.1) is 0 Å². The first-order chi connectivity index (χ1) is 8.56. The smallest absolute Gasteiger partial charge is 0.164 e. The van der Waals surface area contributed by atoms with Gasteiger partial charge in [0.05, 0.1) is 11.6 Å². The Labute approximate surface area is 114 Å². The van der Waals surface area contributed by atoms with Gasteiger partial charge in [-0.05, 0) is 12.1 Å². The Hall–Kier alpha value is -1.30. The lowest BCUT2D eigenvalue weighted by molar-refractivity contribution is 0.464. The number of aromatic nitrogens is 3. The molecule has 0 amide bonds. The van der Waals surface area contributed by atoms with Crippen LogP contribution in [-0.2, 0) is 20.1 Å². The summed E-state index contributed by atoms with van der Waals surface area (Å²) in [6, 6.07) is 3.17. The molecule has 18 heavy (non-hydrogen) atoms. The summed E-state index contributed by atoms with van der Waals surface area (Å²) in [6.07, 6.45) is 1.63. The molecule has 0 saturated heterocycles. The van der Waals surface area contributed by atoms with E-state index in [2.05, 4.69) is 15.4 Å². The third-order valence-electron chi connectivity index (χ3n) is 2.35. The molecule has 2 aromatic rings. The van der Waals surface area contributed by atoms with E-state index in [0.29, 0.717) is 29.5 Å². The van der Waals surface area contributed by atoms with Crippen molar-refractivity contribution in [1.82, 2.24) is 20.1 Å². The zero-order valence-corrected chi connectivity index (χ0v) is 11.2. The fourth-order valence-electron chi connectivity index (χ4n) is 1.53. The second-order valence-electron chi connectivity index (χ2n) is 3.83. The highest BCUT2D eigenvalue weighted by atomic mass is 35.5. The van der Waals surface area contributed by atoms with Crippen LogP contribution in [0.15, 0.2) is 18.5 Å². The van der Waals surface area contributed by atoms with Crippen LogP contribution in [-0.4, -0.2) is 19.9 Å². The van der Waals surface area contributed by atoms with Gasteiger partial charge in [0.2, 0.25) is 0 Å². The maximum atomic E-state index is 9.76. The molecule has 0 aliphatic rings. The van der Waals surface area contributed by atoms with E-state index in [0.717, 1.165) is 0 Å². The van der Waals surface area contributed by atoms with Crippen LogP contribution in [0.1, 0.15) is 11.4 Å². The van der Waals surface area contributed by atoms with Gasteiger partial charge >= 0.3 is 0 Å². The summed E-state index contributed by atoms with van der Waals surface area (Å²) in [5.74, 6) is 0.729. The Kier molecular flexibility index (Phi) is 4.06. The van der Waals surface area contributed by atoms with Crippen molar-refractivity contribution in [1.29, 1.82) is 0 Å². The number of hydrogen-bond acceptors (Lipinski definition) is 4. The van der Waals surface area contributed by atoms with E-state index in [1.54, 1.807) is 24.1 Å². The Bertz CT molecular complexity index is 556. The monoisotopic (exact) mass is 286 g/mol. The van der Waals surface area contributed by atoms with Gasteiger partial charge < -0.3 is 10.4 Å². The van der Waals surface area contributed by atoms with Gasteiger partial charge in [0.1, 0.15) is 12.1 Å². The Morgan fingerprint density at radius 2 is 2.11 bits per heavy atom. The van der Waals surface area contributed by atoms with Crippen LogP contribution in [0.5, 0.6) is 5.75 Å². The molecule has 1 aromatic carbocycles. The maximum absolute atomic E-state index is 9.76. The molecule has 2 N–H and O–H groups in total. The Balaban J connectivity index is 1.98. The van der Waals surface area contributed by atoms with E-state index < -0.39 is 0 Å². The first-order valence-electron chi connectivity index (χ1n) is 5.28. The van der Waals surface area contributed by atoms with Gasteiger partial charge in [0.15, 0.2) is 5.82 Å². The number of hydrogen-bond donors (Lipinski definition) is 2. The van der Waals surface area contributed by atoms with Crippen LogP contribution < -0.4 is 5.32 Å². The number of nitrogens with one attached hydrogen (secondary N) is 1. The third-order valence-corrected chi connectivity index (χ3v) is 2.86. The largest absolute Gasteiger partial charge is 0.506 e. The fourth-order valence-corrected chi connectivity index (χ4v) is 2.06. The van der Waals surface area contributed by atoms with Gasteiger partial charge in [-0.2, -0.15) is 5.10 Å². The van der Waals surface area contributed by atoms with Crippen molar-refractivity contribution in [3.8, 4) is 5.75 Å². The molecule has 1 heterocycles. The van der Waals surface area contributed by atoms with Crippen LogP contribution in [0.3, 0.4) is 0 Å². The van der Waals surface area contributed by atoms with Gasteiger partial charge in [-0.1, -0.05) is 23.2 Å². The van der Waals surface area contributed by atoms with E-state index in [9.17, 15) is 5.11 Å². The zero-order chi connectivity index (χ0) is 13.1. The van der Waals surface area contributed by atoms with Gasteiger partial charge in [-0.25, -0.2) is 4.98 Å². The third kappa shape index (κ3) is 3.13. The fraction of sp³-hybridized carbons (Fsp3) is 0.273. The van der Waals surface area contributed by atoms with Crippen LogP contribution >= 0.6 is 23.2 Å². The SMILES string of the molecule is Cn1cnc(CNCc2cc(Cl)cc(Cl)c2O)n1. The number of phenols is 1. The molecule has 0 aliphatic carbocycles. The topological polar surface area (TPSA) is 63.0 Å². The summed E-state index contributed by atoms with van der Waals surface area (Å²) >= 11 is 11.7. The number of halogens is 2. The number of nitrogens with zero attached hydrogens (tertiary/aromatic N) is 3. The van der Waals surface area contributed by atoms with Crippen molar-refractivity contribution in [3.63, 3.8) is 0 Å². The van der Waals surface area contributed by atoms with Crippen molar-refractivity contribution in [2.75, 3.05) is 0 Å². The number of aryl methyl sites for hydroxylation is 1. The first kappa shape index (κ1) is 13.1. The van der Waals surface area contributed by atoms with Crippen molar-refractivity contribution in [2.45, 2.75) is 13.1 Å². The minimum absolute atomic E-state index is 0.0440. The average Bonchev–Trinajstić information content (AvgIpc) is 2.71. The molecule has 0 saturated carbocycles. The molecule has 0 fully saturated rings. The molecule has 1 aromatic heterocycles. The predicted octanol–water partition coefficient (Wildman–Crippen LogP) is 2.12. The minimum atomic E-state index is 0.0440. The molecular weight excluding hydrogens is 275 g/mol. The molecule has 0 aliphatic heterocycles. The molecule has 5 nitrogen and oxygen atoms in total. The Morgan fingerprint density at radius 3 is 2.78 bits per heavy atom. The summed E-state index contributed by atoms with van der Waals surface area (Å²) in [5, 5.41) is 17.7. The lowest BCUT2D eigenvalue weighted by Gasteiger charge is -2.07. The second-order valence-corrected chi connectivity index (χ2v) is 4.68. The number of aromatic hydroxyl groups is 1. The first-order valence-corrected chi connectivity index (χ1v) is 6.04. The highest BCUT2D eigenvalue weighted by molar-refractivity contribution is 6.35. The molecule has 0 unspecified atom stereocenters. The molecule has 0 bridgehead atoms. The summed E-state index contributed by atoms with van der Waals surface area (Å²) in [6.45, 7) is 0.939. The highest BCUT2D eigenvalue weighted by Crippen LogP contribution is 2.30. The van der Waals surface area contributed by atoms with Crippen molar-refractivity contribution < 1.29 is 5.11 Å². The summed E-state index contributed by atoms with van der Waals surface area (Å²) < 4.78 is 1.63. The van der Waals surface area contributed by atoms with Crippen LogP contribution in [0.25, 0.3) is 0 Å². The normalized spacial score (nSPS) is 10.8. The summed E-state index contributed by atoms with van der Waals surface area (Å²) in [5.41, 5.74) is 0.642. The lowest BCUT2D eigenvalue weighted by atomic mass is 10.2. The molecule has 2 rings (SSSR count). The van der Waals surface area contributed by atoms with E-state index in [1.807, 2.05) is 0 Å². The van der Waals surface area contributed by atoms with Gasteiger partial charge in [0.25, 0.3) is 0 Å². The molecular formula is C11H12Cl2N4O. The standard InChI is InChI=1S/C11H12Cl2N4O/c1-17-6-15-10(16-17)5-14-4-7-2-8(12)3-9(13)11(7)18/h2-3,6,14,18H,4-5H2,1H3. The van der Waals surface area contributed by atoms with Crippen molar-refractivity contribution in [3.05, 3.63) is 39.9 Å². The molecule has 0 radical (unpaired) electrons. The van der Waals surface area contributed by atoms with Crippen LogP contribution in [0.2, 0.25) is 10.0 Å². The van der Waals surface area contributed by atoms with Crippen LogP contribution in [0, 0.1) is 0 Å². The van der Waals surface area contributed by atoms with Crippen molar-refractivity contribution in [2.24, 2.45) is 7.05 Å². The minimum Gasteiger partial charge on any atom is -0.506 e. The number of phenolic OH excluding ortho intramolecular Hbond substituents is 1. The van der Waals surface area contributed by atoms with Gasteiger partial charge in [0, 0.05) is 24.2 Å². The molecule has 96 valence electrons. The summed E-state index contributed by atoms with van der Waals surface area (Å²) in [4.78, 5) is 4.08. The van der Waals surface area contributed by atoms with Crippen molar-refractivity contribution >= 4 is 23.2 Å². The lowest BCUT2D eigenvalue weighted by Crippen LogP contribution is -2.14. The average molecular weight is 287 g/mol.